The number of carbonyl (C=O) groups is 2. The number of carboxylic acids is 1. The largest absolute Gasteiger partial charge is 0.481 e. The molecule has 0 saturated heterocycles. The van der Waals surface area contributed by atoms with Crippen LogP contribution in [0.25, 0.3) is 0 Å². The van der Waals surface area contributed by atoms with Crippen molar-refractivity contribution >= 4 is 12.4 Å². The summed E-state index contributed by atoms with van der Waals surface area (Å²) >= 11 is 0. The van der Waals surface area contributed by atoms with Crippen molar-refractivity contribution in [3.8, 4) is 0 Å². The predicted octanol–water partition coefficient (Wildman–Crippen LogP) is 1.66. The van der Waals surface area contributed by atoms with E-state index in [1.165, 1.54) is 6.07 Å². The van der Waals surface area contributed by atoms with E-state index in [1.54, 1.807) is 19.1 Å². The maximum absolute atomic E-state index is 13.1. The number of benzene rings is 1. The van der Waals surface area contributed by atoms with E-state index in [2.05, 4.69) is 5.32 Å². The third kappa shape index (κ3) is 4.53. The molecule has 2 N–H and O–H groups in total. The first kappa shape index (κ1) is 14.2. The third-order valence-corrected chi connectivity index (χ3v) is 2.71. The SMILES string of the molecule is Cc1cc(CC(CCC(=O)O)NC=O)ccc1F. The lowest BCUT2D eigenvalue weighted by Gasteiger charge is -2.15. The van der Waals surface area contributed by atoms with Crippen LogP contribution in [0.4, 0.5) is 4.39 Å². The van der Waals surface area contributed by atoms with Crippen LogP contribution in [0.5, 0.6) is 0 Å². The molecule has 4 nitrogen and oxygen atoms in total. The van der Waals surface area contributed by atoms with Crippen LogP contribution in [0.2, 0.25) is 0 Å². The van der Waals surface area contributed by atoms with Crippen LogP contribution in [-0.4, -0.2) is 23.5 Å². The second-order valence-electron chi connectivity index (χ2n) is 4.20. The van der Waals surface area contributed by atoms with Crippen molar-refractivity contribution in [3.63, 3.8) is 0 Å². The molecule has 1 aromatic carbocycles. The van der Waals surface area contributed by atoms with Gasteiger partial charge in [0.2, 0.25) is 6.41 Å². The van der Waals surface area contributed by atoms with Crippen molar-refractivity contribution < 1.29 is 19.1 Å². The summed E-state index contributed by atoms with van der Waals surface area (Å²) in [5, 5.41) is 11.2. The van der Waals surface area contributed by atoms with Crippen LogP contribution < -0.4 is 5.32 Å². The van der Waals surface area contributed by atoms with Gasteiger partial charge in [0.15, 0.2) is 0 Å². The summed E-state index contributed by atoms with van der Waals surface area (Å²) in [5.74, 6) is -1.17. The molecule has 5 heteroatoms. The lowest BCUT2D eigenvalue weighted by Crippen LogP contribution is -2.30. The van der Waals surface area contributed by atoms with Crippen LogP contribution in [0.3, 0.4) is 0 Å². The van der Waals surface area contributed by atoms with Crippen LogP contribution in [0.1, 0.15) is 24.0 Å². The van der Waals surface area contributed by atoms with Crippen molar-refractivity contribution in [1.29, 1.82) is 0 Å². The quantitative estimate of drug-likeness (QED) is 0.726. The molecule has 0 radical (unpaired) electrons. The molecular weight excluding hydrogens is 237 g/mol. The minimum atomic E-state index is -0.900. The maximum atomic E-state index is 13.1. The molecule has 0 fully saturated rings. The van der Waals surface area contributed by atoms with Gasteiger partial charge in [0.1, 0.15) is 5.82 Å². The minimum absolute atomic E-state index is 0.00825. The van der Waals surface area contributed by atoms with Crippen molar-refractivity contribution in [3.05, 3.63) is 35.1 Å². The number of rotatable bonds is 7. The molecule has 1 amide bonds. The summed E-state index contributed by atoms with van der Waals surface area (Å²) in [6.45, 7) is 1.66. The van der Waals surface area contributed by atoms with Gasteiger partial charge in [-0.05, 0) is 37.0 Å². The van der Waals surface area contributed by atoms with Gasteiger partial charge in [0.25, 0.3) is 0 Å². The number of aliphatic carboxylic acids is 1. The van der Waals surface area contributed by atoms with Crippen LogP contribution in [0, 0.1) is 12.7 Å². The fraction of sp³-hybridized carbons (Fsp3) is 0.385. The monoisotopic (exact) mass is 253 g/mol. The fourth-order valence-electron chi connectivity index (χ4n) is 1.76. The zero-order valence-corrected chi connectivity index (χ0v) is 10.1. The number of hydrogen-bond donors (Lipinski definition) is 2. The van der Waals surface area contributed by atoms with Gasteiger partial charge < -0.3 is 10.4 Å². The first-order valence-corrected chi connectivity index (χ1v) is 5.69. The fourth-order valence-corrected chi connectivity index (χ4v) is 1.76. The molecule has 0 aliphatic carbocycles. The second-order valence-corrected chi connectivity index (χ2v) is 4.20. The molecule has 0 saturated carbocycles. The highest BCUT2D eigenvalue weighted by Crippen LogP contribution is 2.12. The van der Waals surface area contributed by atoms with Gasteiger partial charge in [0.05, 0.1) is 0 Å². The number of carboxylic acid groups (broad SMARTS) is 1. The van der Waals surface area contributed by atoms with Gasteiger partial charge in [-0.1, -0.05) is 12.1 Å². The zero-order chi connectivity index (χ0) is 13.5. The molecule has 0 spiro atoms. The summed E-state index contributed by atoms with van der Waals surface area (Å²) in [6, 6.07) is 4.47. The topological polar surface area (TPSA) is 66.4 Å². The van der Waals surface area contributed by atoms with E-state index in [9.17, 15) is 14.0 Å². The average Bonchev–Trinajstić information content (AvgIpc) is 2.31. The van der Waals surface area contributed by atoms with E-state index in [1.807, 2.05) is 0 Å². The number of aryl methyl sites for hydroxylation is 1. The summed E-state index contributed by atoms with van der Waals surface area (Å²) in [6.07, 6.45) is 1.40. The summed E-state index contributed by atoms with van der Waals surface area (Å²) in [5.41, 5.74) is 1.41. The second kappa shape index (κ2) is 6.74. The first-order chi connectivity index (χ1) is 8.52. The summed E-state index contributed by atoms with van der Waals surface area (Å²) in [7, 11) is 0. The average molecular weight is 253 g/mol. The highest BCUT2D eigenvalue weighted by molar-refractivity contribution is 5.66. The molecule has 98 valence electrons. The first-order valence-electron chi connectivity index (χ1n) is 5.69. The lowest BCUT2D eigenvalue weighted by molar-refractivity contribution is -0.137. The molecule has 1 aromatic rings. The molecule has 0 aliphatic rings. The van der Waals surface area contributed by atoms with E-state index in [4.69, 9.17) is 5.11 Å². The van der Waals surface area contributed by atoms with E-state index in [0.29, 0.717) is 24.8 Å². The Labute approximate surface area is 105 Å². The van der Waals surface area contributed by atoms with Crippen molar-refractivity contribution in [2.45, 2.75) is 32.2 Å². The van der Waals surface area contributed by atoms with Gasteiger partial charge >= 0.3 is 5.97 Å². The van der Waals surface area contributed by atoms with Gasteiger partial charge in [-0.3, -0.25) is 9.59 Å². The van der Waals surface area contributed by atoms with Crippen molar-refractivity contribution in [1.82, 2.24) is 5.32 Å². The van der Waals surface area contributed by atoms with Gasteiger partial charge in [0, 0.05) is 12.5 Å². The smallest absolute Gasteiger partial charge is 0.303 e. The van der Waals surface area contributed by atoms with Gasteiger partial charge in [-0.2, -0.15) is 0 Å². The van der Waals surface area contributed by atoms with E-state index in [-0.39, 0.29) is 18.3 Å². The third-order valence-electron chi connectivity index (χ3n) is 2.71. The standard InChI is InChI=1S/C13H16FNO3/c1-9-6-10(2-4-12(9)14)7-11(15-8-16)3-5-13(17)18/h2,4,6,8,11H,3,5,7H2,1H3,(H,15,16)(H,17,18). The van der Waals surface area contributed by atoms with E-state index < -0.39 is 5.97 Å². The van der Waals surface area contributed by atoms with Gasteiger partial charge in [-0.15, -0.1) is 0 Å². The van der Waals surface area contributed by atoms with Crippen molar-refractivity contribution in [2.75, 3.05) is 0 Å². The lowest BCUT2D eigenvalue weighted by atomic mass is 10.0. The molecule has 0 bridgehead atoms. The summed E-state index contributed by atoms with van der Waals surface area (Å²) < 4.78 is 13.1. The van der Waals surface area contributed by atoms with Gasteiger partial charge in [-0.25, -0.2) is 4.39 Å². The molecule has 0 heterocycles. The van der Waals surface area contributed by atoms with Crippen LogP contribution in [0.15, 0.2) is 18.2 Å². The van der Waals surface area contributed by atoms with Crippen LogP contribution in [-0.2, 0) is 16.0 Å². The summed E-state index contributed by atoms with van der Waals surface area (Å²) in [4.78, 5) is 20.9. The normalized spacial score (nSPS) is 11.9. The number of amides is 1. The number of halogens is 1. The molecule has 1 unspecified atom stereocenters. The molecule has 1 atom stereocenters. The van der Waals surface area contributed by atoms with Crippen molar-refractivity contribution in [2.24, 2.45) is 0 Å². The minimum Gasteiger partial charge on any atom is -0.481 e. The number of carbonyl (C=O) groups excluding carboxylic acids is 1. The Morgan fingerprint density at radius 1 is 1.56 bits per heavy atom. The Morgan fingerprint density at radius 2 is 2.28 bits per heavy atom. The number of nitrogens with one attached hydrogen (secondary N) is 1. The molecule has 18 heavy (non-hydrogen) atoms. The Bertz CT molecular complexity index is 434. The molecule has 0 aromatic heterocycles. The Balaban J connectivity index is 2.66. The van der Waals surface area contributed by atoms with E-state index >= 15 is 0 Å². The maximum Gasteiger partial charge on any atom is 0.303 e. The van der Waals surface area contributed by atoms with E-state index in [0.717, 1.165) is 5.56 Å². The molecule has 0 aliphatic heterocycles. The Morgan fingerprint density at radius 3 is 2.83 bits per heavy atom. The number of hydrogen-bond acceptors (Lipinski definition) is 2. The zero-order valence-electron chi connectivity index (χ0n) is 10.1. The molecule has 1 rings (SSSR count). The predicted molar refractivity (Wildman–Crippen MR) is 64.7 cm³/mol. The Hall–Kier alpha value is -1.91. The Kier molecular flexibility index (Phi) is 5.30. The highest BCUT2D eigenvalue weighted by Gasteiger charge is 2.11. The highest BCUT2D eigenvalue weighted by atomic mass is 19.1. The van der Waals surface area contributed by atoms with Crippen LogP contribution >= 0.6 is 0 Å². The molecular formula is C13H16FNO3.